The van der Waals surface area contributed by atoms with Crippen LogP contribution in [0.15, 0.2) is 22.8 Å². The first-order chi connectivity index (χ1) is 21.5. The fraction of sp³-hybridized carbons (Fsp3) is 0.824. The number of hydrogen-bond donors (Lipinski definition) is 6. The first kappa shape index (κ1) is 32.8. The third-order valence-electron chi connectivity index (χ3n) is 13.9. The van der Waals surface area contributed by atoms with Crippen molar-refractivity contribution < 1.29 is 59.2 Å². The van der Waals surface area contributed by atoms with E-state index in [2.05, 4.69) is 0 Å². The Balaban J connectivity index is 1.19. The third-order valence-corrected chi connectivity index (χ3v) is 13.9. The molecular weight excluding hydrogens is 600 g/mol. The summed E-state index contributed by atoms with van der Waals surface area (Å²) in [4.78, 5) is 27.0. The van der Waals surface area contributed by atoms with Gasteiger partial charge in [-0.3, -0.25) is 4.79 Å². The average Bonchev–Trinajstić information content (AvgIpc) is 3.29. The van der Waals surface area contributed by atoms with E-state index in [1.807, 2.05) is 33.8 Å². The van der Waals surface area contributed by atoms with Crippen LogP contribution in [0.25, 0.3) is 0 Å². The fourth-order valence-electron chi connectivity index (χ4n) is 10.9. The molecule has 0 spiro atoms. The number of fused-ring (bicyclic) bond motifs is 3. The van der Waals surface area contributed by atoms with Gasteiger partial charge in [-0.2, -0.15) is 0 Å². The number of allylic oxidation sites excluding steroid dienone is 1. The smallest absolute Gasteiger partial charge is 0.334 e. The molecule has 15 atom stereocenters. The number of carbonyl (C=O) groups excluding carboxylic acids is 2. The molecule has 4 aliphatic carbocycles. The van der Waals surface area contributed by atoms with Gasteiger partial charge < -0.3 is 49.6 Å². The molecule has 12 heteroatoms. The Hall–Kier alpha value is -1.74. The zero-order valence-electron chi connectivity index (χ0n) is 27.1. The maximum Gasteiger partial charge on any atom is 0.334 e. The van der Waals surface area contributed by atoms with Crippen molar-refractivity contribution in [3.05, 3.63) is 22.8 Å². The van der Waals surface area contributed by atoms with E-state index < -0.39 is 89.2 Å². The molecule has 3 saturated carbocycles. The molecule has 3 heterocycles. The summed E-state index contributed by atoms with van der Waals surface area (Å²) < 4.78 is 24.5. The van der Waals surface area contributed by atoms with E-state index in [1.165, 1.54) is 0 Å². The Bertz CT molecular complexity index is 1390. The highest BCUT2D eigenvalue weighted by Crippen LogP contribution is 2.77. The quantitative estimate of drug-likeness (QED) is 0.184. The molecule has 0 aromatic heterocycles. The maximum absolute atomic E-state index is 14.2. The van der Waals surface area contributed by atoms with Gasteiger partial charge in [0, 0.05) is 30.3 Å². The second-order valence-electron chi connectivity index (χ2n) is 15.6. The maximum atomic E-state index is 14.2. The molecular formula is C34H48O12. The van der Waals surface area contributed by atoms with E-state index >= 15 is 0 Å². The summed E-state index contributed by atoms with van der Waals surface area (Å²) in [5.41, 5.74) is -3.35. The van der Waals surface area contributed by atoms with Gasteiger partial charge in [0.2, 0.25) is 0 Å². The minimum absolute atomic E-state index is 0.0183. The van der Waals surface area contributed by atoms with Crippen molar-refractivity contribution in [2.24, 2.45) is 22.7 Å². The third kappa shape index (κ3) is 3.82. The van der Waals surface area contributed by atoms with Crippen molar-refractivity contribution in [2.75, 3.05) is 6.61 Å². The highest BCUT2D eigenvalue weighted by molar-refractivity contribution is 5.90. The number of esters is 1. The summed E-state index contributed by atoms with van der Waals surface area (Å²) in [5, 5.41) is 64.9. The highest BCUT2D eigenvalue weighted by atomic mass is 16.7. The van der Waals surface area contributed by atoms with Crippen molar-refractivity contribution in [1.29, 1.82) is 0 Å². The average molecular weight is 649 g/mol. The van der Waals surface area contributed by atoms with E-state index in [0.717, 1.165) is 11.1 Å². The van der Waals surface area contributed by atoms with Gasteiger partial charge in [-0.05, 0) is 65.2 Å². The normalized spacial score (nSPS) is 55.0. The highest BCUT2D eigenvalue weighted by Gasteiger charge is 2.87. The largest absolute Gasteiger partial charge is 0.455 e. The van der Waals surface area contributed by atoms with E-state index in [0.29, 0.717) is 37.7 Å². The second kappa shape index (κ2) is 10.4. The van der Waals surface area contributed by atoms with Crippen molar-refractivity contribution in [3.63, 3.8) is 0 Å². The molecule has 7 rings (SSSR count). The van der Waals surface area contributed by atoms with E-state index in [4.69, 9.17) is 18.9 Å². The molecule has 256 valence electrons. The summed E-state index contributed by atoms with van der Waals surface area (Å²) in [6.07, 6.45) is -4.95. The number of cyclic esters (lactones) is 1. The molecule has 7 aliphatic rings. The Kier molecular flexibility index (Phi) is 7.40. The van der Waals surface area contributed by atoms with E-state index in [-0.39, 0.29) is 30.5 Å². The van der Waals surface area contributed by atoms with E-state index in [9.17, 15) is 40.2 Å². The summed E-state index contributed by atoms with van der Waals surface area (Å²) in [7, 11) is 0. The van der Waals surface area contributed by atoms with Crippen LogP contribution in [-0.2, 0) is 28.5 Å². The van der Waals surface area contributed by atoms with Gasteiger partial charge in [-0.1, -0.05) is 24.1 Å². The summed E-state index contributed by atoms with van der Waals surface area (Å²) in [6.45, 7) is 8.78. The van der Waals surface area contributed by atoms with Crippen LogP contribution in [0.4, 0.5) is 0 Å². The van der Waals surface area contributed by atoms with Crippen molar-refractivity contribution in [1.82, 2.24) is 0 Å². The Morgan fingerprint density at radius 2 is 1.70 bits per heavy atom. The Labute approximate surface area is 268 Å². The molecule has 0 amide bonds. The van der Waals surface area contributed by atoms with Gasteiger partial charge in [0.25, 0.3) is 0 Å². The van der Waals surface area contributed by atoms with Crippen molar-refractivity contribution >= 4 is 11.8 Å². The molecule has 0 unspecified atom stereocenters. The van der Waals surface area contributed by atoms with Gasteiger partial charge in [0.1, 0.15) is 53.1 Å². The monoisotopic (exact) mass is 648 g/mol. The molecule has 2 saturated heterocycles. The van der Waals surface area contributed by atoms with Crippen LogP contribution in [0, 0.1) is 22.7 Å². The molecule has 5 fully saturated rings. The molecule has 0 radical (unpaired) electrons. The molecule has 46 heavy (non-hydrogen) atoms. The summed E-state index contributed by atoms with van der Waals surface area (Å²) in [6, 6.07) is 0. The van der Waals surface area contributed by atoms with Crippen LogP contribution in [0.1, 0.15) is 79.6 Å². The van der Waals surface area contributed by atoms with Gasteiger partial charge >= 0.3 is 5.97 Å². The second-order valence-corrected chi connectivity index (χ2v) is 15.6. The zero-order valence-corrected chi connectivity index (χ0v) is 27.1. The predicted octanol–water partition coefficient (Wildman–Crippen LogP) is 0.579. The molecule has 6 N–H and O–H groups in total. The minimum atomic E-state index is -1.58. The first-order valence-electron chi connectivity index (χ1n) is 16.7. The Morgan fingerprint density at radius 3 is 2.37 bits per heavy atom. The Morgan fingerprint density at radius 1 is 0.978 bits per heavy atom. The first-order valence-corrected chi connectivity index (χ1v) is 16.7. The van der Waals surface area contributed by atoms with Crippen LogP contribution in [0.2, 0.25) is 0 Å². The van der Waals surface area contributed by atoms with E-state index in [1.54, 1.807) is 6.92 Å². The molecule has 12 nitrogen and oxygen atoms in total. The lowest BCUT2D eigenvalue weighted by atomic mass is 9.45. The summed E-state index contributed by atoms with van der Waals surface area (Å²) in [5.74, 6) is -0.982. The zero-order chi connectivity index (χ0) is 33.4. The number of hydrogen-bond acceptors (Lipinski definition) is 12. The molecule has 0 aromatic carbocycles. The number of rotatable bonds is 4. The van der Waals surface area contributed by atoms with Gasteiger partial charge in [0.15, 0.2) is 6.29 Å². The lowest BCUT2D eigenvalue weighted by molar-refractivity contribution is -0.312. The fourth-order valence-corrected chi connectivity index (χ4v) is 10.9. The van der Waals surface area contributed by atoms with Gasteiger partial charge in [0.05, 0.1) is 24.2 Å². The predicted molar refractivity (Wildman–Crippen MR) is 159 cm³/mol. The van der Waals surface area contributed by atoms with Crippen LogP contribution in [0.3, 0.4) is 0 Å². The van der Waals surface area contributed by atoms with Crippen LogP contribution < -0.4 is 0 Å². The standard InChI is InChI=1S/C34H48O12/c1-15-10-24(45-28(41)16(15)2)32(5)33(42)13-23(37)34(46-32)20-7-6-17-11-18(43-29-27(40)26(39)25(38)21(14-35)44-29)12-22(36)31(17,4)19(20)8-9-30(33,34)3/h6,18-21,23-27,29,35,37-40,42H,7-14H2,1-5H3/t18-,19+,20-,21-,23+,24-,25-,26+,27-,29-,30-,31+,32-,33+,34+/m1/s1. The topological polar surface area (TPSA) is 192 Å². The van der Waals surface area contributed by atoms with Crippen LogP contribution >= 0.6 is 0 Å². The van der Waals surface area contributed by atoms with Gasteiger partial charge in [-0.15, -0.1) is 0 Å². The number of ketones is 1. The van der Waals surface area contributed by atoms with Gasteiger partial charge in [-0.25, -0.2) is 4.79 Å². The lowest BCUT2D eigenvalue weighted by Crippen LogP contribution is -2.65. The van der Waals surface area contributed by atoms with Crippen LogP contribution in [0.5, 0.6) is 0 Å². The number of aliphatic hydroxyl groups excluding tert-OH is 5. The number of aliphatic hydroxyl groups is 6. The summed E-state index contributed by atoms with van der Waals surface area (Å²) >= 11 is 0. The van der Waals surface area contributed by atoms with Crippen LogP contribution in [-0.4, -0.2) is 115 Å². The lowest BCUT2D eigenvalue weighted by Gasteiger charge is -2.60. The molecule has 3 aliphatic heterocycles. The molecule has 0 aromatic rings. The molecule has 2 bridgehead atoms. The minimum Gasteiger partial charge on any atom is -0.455 e. The van der Waals surface area contributed by atoms with Crippen molar-refractivity contribution in [2.45, 2.75) is 145 Å². The number of carbonyl (C=O) groups is 2. The number of ether oxygens (including phenoxy) is 4. The van der Waals surface area contributed by atoms with Crippen molar-refractivity contribution in [3.8, 4) is 0 Å². The SMILES string of the molecule is CC1=C(C)C(=O)O[C@@H]([C@@]2(C)O[C@]34[C@@H]5CC=C6C[C@@H](O[C@@H]7O[C@H](CO)[C@@H](O)[C@H](O)[C@H]7O)CC(=O)[C@]6(C)[C@H]5CC[C@]3(C)[C@@]2(O)C[C@@H]4O)C1. The number of Topliss-reactive ketones (excluding diaryl/α,β-unsaturated/α-hetero) is 1.